The van der Waals surface area contributed by atoms with Gasteiger partial charge in [0, 0.05) is 19.4 Å². The van der Waals surface area contributed by atoms with Crippen molar-refractivity contribution in [1.82, 2.24) is 20.2 Å². The summed E-state index contributed by atoms with van der Waals surface area (Å²) < 4.78 is 0. The third-order valence-electron chi connectivity index (χ3n) is 3.00. The summed E-state index contributed by atoms with van der Waals surface area (Å²) in [6.45, 7) is 0.373. The van der Waals surface area contributed by atoms with Gasteiger partial charge < -0.3 is 20.3 Å². The van der Waals surface area contributed by atoms with Gasteiger partial charge in [0.05, 0.1) is 18.5 Å². The van der Waals surface area contributed by atoms with E-state index in [-0.39, 0.29) is 12.1 Å². The van der Waals surface area contributed by atoms with Crippen molar-refractivity contribution >= 4 is 12.0 Å². The molecule has 1 aliphatic rings. The van der Waals surface area contributed by atoms with Gasteiger partial charge in [0.15, 0.2) is 0 Å². The highest BCUT2D eigenvalue weighted by Crippen LogP contribution is 2.18. The van der Waals surface area contributed by atoms with Gasteiger partial charge in [0.25, 0.3) is 0 Å². The number of urea groups is 1. The molecule has 0 saturated heterocycles. The minimum absolute atomic E-state index is 0.229. The van der Waals surface area contributed by atoms with Gasteiger partial charge in [-0.25, -0.2) is 9.78 Å². The van der Waals surface area contributed by atoms with Crippen LogP contribution in [-0.2, 0) is 11.3 Å². The van der Waals surface area contributed by atoms with Crippen molar-refractivity contribution < 1.29 is 14.7 Å². The second-order valence-corrected chi connectivity index (χ2v) is 4.51. The maximum Gasteiger partial charge on any atom is 0.318 e. The number of aromatic nitrogens is 2. The molecule has 0 spiro atoms. The van der Waals surface area contributed by atoms with E-state index >= 15 is 0 Å². The largest absolute Gasteiger partial charge is 0.481 e. The molecule has 0 aromatic carbocycles. The van der Waals surface area contributed by atoms with E-state index in [2.05, 4.69) is 15.3 Å². The number of imidazole rings is 1. The first kappa shape index (κ1) is 13.1. The molecule has 1 aromatic rings. The van der Waals surface area contributed by atoms with Crippen molar-refractivity contribution in [2.24, 2.45) is 5.92 Å². The minimum Gasteiger partial charge on any atom is -0.481 e. The van der Waals surface area contributed by atoms with Crippen LogP contribution >= 0.6 is 0 Å². The Morgan fingerprint density at radius 1 is 1.58 bits per heavy atom. The summed E-state index contributed by atoms with van der Waals surface area (Å²) in [6, 6.07) is -0.482. The molecule has 1 heterocycles. The summed E-state index contributed by atoms with van der Waals surface area (Å²) >= 11 is 0. The van der Waals surface area contributed by atoms with E-state index in [1.807, 2.05) is 0 Å². The zero-order valence-corrected chi connectivity index (χ0v) is 10.5. The molecule has 19 heavy (non-hydrogen) atoms. The third kappa shape index (κ3) is 3.34. The number of nitrogens with one attached hydrogen (secondary N) is 2. The first-order chi connectivity index (χ1) is 9.06. The van der Waals surface area contributed by atoms with Crippen LogP contribution in [0.3, 0.4) is 0 Å². The van der Waals surface area contributed by atoms with Crippen molar-refractivity contribution in [2.45, 2.75) is 19.0 Å². The van der Waals surface area contributed by atoms with E-state index in [0.29, 0.717) is 18.8 Å². The van der Waals surface area contributed by atoms with Gasteiger partial charge >= 0.3 is 12.0 Å². The Balaban J connectivity index is 1.81. The van der Waals surface area contributed by atoms with Crippen molar-refractivity contribution in [3.05, 3.63) is 30.4 Å². The van der Waals surface area contributed by atoms with Crippen LogP contribution in [0.15, 0.2) is 24.5 Å². The molecule has 1 aromatic heterocycles. The Labute approximate surface area is 110 Å². The van der Waals surface area contributed by atoms with E-state index < -0.39 is 11.9 Å². The van der Waals surface area contributed by atoms with Crippen LogP contribution < -0.4 is 5.32 Å². The van der Waals surface area contributed by atoms with Crippen molar-refractivity contribution in [3.8, 4) is 0 Å². The molecule has 1 aliphatic carbocycles. The van der Waals surface area contributed by atoms with Crippen LogP contribution in [0.5, 0.6) is 0 Å². The monoisotopic (exact) mass is 264 g/mol. The quantitative estimate of drug-likeness (QED) is 0.693. The molecule has 0 bridgehead atoms. The van der Waals surface area contributed by atoms with Gasteiger partial charge in [-0.2, -0.15) is 0 Å². The van der Waals surface area contributed by atoms with Crippen LogP contribution in [0.25, 0.3) is 0 Å². The summed E-state index contributed by atoms with van der Waals surface area (Å²) in [7, 11) is 1.66. The number of aromatic amines is 1. The molecule has 2 unspecified atom stereocenters. The molecule has 0 saturated carbocycles. The Kier molecular flexibility index (Phi) is 3.84. The number of amides is 2. The van der Waals surface area contributed by atoms with Crippen molar-refractivity contribution in [2.75, 3.05) is 7.05 Å². The number of carbonyl (C=O) groups is 2. The topological polar surface area (TPSA) is 98.3 Å². The molecule has 7 nitrogen and oxygen atoms in total. The number of aliphatic carboxylic acids is 1. The number of carbonyl (C=O) groups excluding carboxylic acids is 1. The molecule has 0 fully saturated rings. The minimum atomic E-state index is -0.864. The predicted molar refractivity (Wildman–Crippen MR) is 67.3 cm³/mol. The highest BCUT2D eigenvalue weighted by Gasteiger charge is 2.26. The van der Waals surface area contributed by atoms with Gasteiger partial charge in [0.2, 0.25) is 0 Å². The molecule has 0 aliphatic heterocycles. The highest BCUT2D eigenvalue weighted by molar-refractivity contribution is 5.76. The maximum absolute atomic E-state index is 11.9. The Hall–Kier alpha value is -2.31. The summed E-state index contributed by atoms with van der Waals surface area (Å²) in [4.78, 5) is 31.1. The number of nitrogens with zero attached hydrogens (tertiary/aromatic N) is 2. The number of hydrogen-bond acceptors (Lipinski definition) is 3. The zero-order chi connectivity index (χ0) is 13.8. The number of H-pyrrole nitrogens is 1. The number of carboxylic acid groups (broad SMARTS) is 1. The van der Waals surface area contributed by atoms with Crippen LogP contribution in [0.4, 0.5) is 4.79 Å². The van der Waals surface area contributed by atoms with Crippen LogP contribution in [0, 0.1) is 5.92 Å². The van der Waals surface area contributed by atoms with Gasteiger partial charge in [0.1, 0.15) is 5.82 Å². The molecular formula is C12H16N4O3. The Bertz CT molecular complexity index is 483. The number of rotatable bonds is 4. The van der Waals surface area contributed by atoms with Crippen molar-refractivity contribution in [1.29, 1.82) is 0 Å². The second kappa shape index (κ2) is 5.55. The molecule has 2 rings (SSSR count). The molecule has 0 radical (unpaired) electrons. The normalized spacial score (nSPS) is 21.3. The lowest BCUT2D eigenvalue weighted by Gasteiger charge is -2.19. The van der Waals surface area contributed by atoms with E-state index in [1.54, 1.807) is 31.6 Å². The standard InChI is InChI=1S/C12H16N4O3/c1-16(7-10-13-4-5-14-10)12(19)15-9-3-2-8(6-9)11(17)18/h2-5,8-9H,6-7H2,1H3,(H,13,14)(H,15,19)(H,17,18). The molecule has 2 atom stereocenters. The van der Waals surface area contributed by atoms with Crippen LogP contribution in [-0.4, -0.2) is 45.1 Å². The van der Waals surface area contributed by atoms with E-state index in [4.69, 9.17) is 5.11 Å². The number of hydrogen-bond donors (Lipinski definition) is 3. The number of carboxylic acids is 1. The van der Waals surface area contributed by atoms with Gasteiger partial charge in [-0.05, 0) is 6.42 Å². The zero-order valence-electron chi connectivity index (χ0n) is 10.5. The lowest BCUT2D eigenvalue weighted by Crippen LogP contribution is -2.42. The fraction of sp³-hybridized carbons (Fsp3) is 0.417. The van der Waals surface area contributed by atoms with Gasteiger partial charge in [-0.15, -0.1) is 0 Å². The Morgan fingerprint density at radius 2 is 2.37 bits per heavy atom. The highest BCUT2D eigenvalue weighted by atomic mass is 16.4. The average Bonchev–Trinajstić information content (AvgIpc) is 2.99. The summed E-state index contributed by atoms with van der Waals surface area (Å²) in [5.41, 5.74) is 0. The van der Waals surface area contributed by atoms with Crippen molar-refractivity contribution in [3.63, 3.8) is 0 Å². The molecule has 102 valence electrons. The first-order valence-electron chi connectivity index (χ1n) is 5.97. The first-order valence-corrected chi connectivity index (χ1v) is 5.97. The Morgan fingerprint density at radius 3 is 2.95 bits per heavy atom. The molecule has 3 N–H and O–H groups in total. The summed E-state index contributed by atoms with van der Waals surface area (Å²) in [5.74, 6) is -0.680. The second-order valence-electron chi connectivity index (χ2n) is 4.51. The summed E-state index contributed by atoms with van der Waals surface area (Å²) in [6.07, 6.45) is 7.05. The molecular weight excluding hydrogens is 248 g/mol. The van der Waals surface area contributed by atoms with Gasteiger partial charge in [-0.1, -0.05) is 12.2 Å². The van der Waals surface area contributed by atoms with Crippen LogP contribution in [0.2, 0.25) is 0 Å². The fourth-order valence-electron chi connectivity index (χ4n) is 1.94. The summed E-state index contributed by atoms with van der Waals surface area (Å²) in [5, 5.41) is 11.6. The average molecular weight is 264 g/mol. The van der Waals surface area contributed by atoms with Gasteiger partial charge in [-0.3, -0.25) is 4.79 Å². The smallest absolute Gasteiger partial charge is 0.318 e. The van der Waals surface area contributed by atoms with E-state index in [9.17, 15) is 9.59 Å². The lowest BCUT2D eigenvalue weighted by molar-refractivity contribution is -0.140. The van der Waals surface area contributed by atoms with E-state index in [0.717, 1.165) is 0 Å². The van der Waals surface area contributed by atoms with Crippen LogP contribution in [0.1, 0.15) is 12.2 Å². The maximum atomic E-state index is 11.9. The van der Waals surface area contributed by atoms with E-state index in [1.165, 1.54) is 4.90 Å². The lowest BCUT2D eigenvalue weighted by atomic mass is 10.1. The fourth-order valence-corrected chi connectivity index (χ4v) is 1.94. The molecule has 7 heteroatoms. The SMILES string of the molecule is CN(Cc1ncc[nH]1)C(=O)NC1C=CC(C(=O)O)C1. The predicted octanol–water partition coefficient (Wildman–Crippen LogP) is 0.580. The molecule has 2 amide bonds. The third-order valence-corrected chi connectivity index (χ3v) is 3.00.